The summed E-state index contributed by atoms with van der Waals surface area (Å²) in [4.78, 5) is 13.9. The first-order chi connectivity index (χ1) is 9.07. The molecule has 112 valence electrons. The Bertz CT molecular complexity index is 273. The van der Waals surface area contributed by atoms with E-state index in [-0.39, 0.29) is 0 Å². The van der Waals surface area contributed by atoms with Crippen molar-refractivity contribution in [2.24, 2.45) is 5.92 Å². The fraction of sp³-hybridized carbons (Fsp3) is 0.933. The summed E-state index contributed by atoms with van der Waals surface area (Å²) in [6, 6.07) is 0. The Kier molecular flexibility index (Phi) is 6.80. The summed E-state index contributed by atoms with van der Waals surface area (Å²) in [6.45, 7) is 7.53. The number of hydrogen-bond donors (Lipinski definition) is 2. The van der Waals surface area contributed by atoms with Gasteiger partial charge in [0.25, 0.3) is 0 Å². The third kappa shape index (κ3) is 5.11. The molecule has 0 aliphatic heterocycles. The van der Waals surface area contributed by atoms with E-state index in [1.54, 1.807) is 7.05 Å². The van der Waals surface area contributed by atoms with Crippen molar-refractivity contribution in [3.8, 4) is 0 Å². The van der Waals surface area contributed by atoms with Gasteiger partial charge in [-0.25, -0.2) is 0 Å². The zero-order chi connectivity index (χ0) is 14.3. The van der Waals surface area contributed by atoms with E-state index in [0.717, 1.165) is 25.4 Å². The van der Waals surface area contributed by atoms with Crippen molar-refractivity contribution in [2.45, 2.75) is 57.9 Å². The maximum absolute atomic E-state index is 11.4. The average Bonchev–Trinajstić information content (AvgIpc) is 3.18. The third-order valence-corrected chi connectivity index (χ3v) is 4.32. The zero-order valence-corrected chi connectivity index (χ0v) is 12.7. The molecule has 1 aliphatic rings. The van der Waals surface area contributed by atoms with Crippen LogP contribution in [0.1, 0.15) is 52.4 Å². The van der Waals surface area contributed by atoms with E-state index in [1.807, 2.05) is 6.92 Å². The van der Waals surface area contributed by atoms with Gasteiger partial charge in [-0.05, 0) is 64.6 Å². The first kappa shape index (κ1) is 16.4. The summed E-state index contributed by atoms with van der Waals surface area (Å²) >= 11 is 0. The van der Waals surface area contributed by atoms with Crippen molar-refractivity contribution >= 4 is 5.97 Å². The van der Waals surface area contributed by atoms with E-state index in [4.69, 9.17) is 0 Å². The molecule has 0 radical (unpaired) electrons. The third-order valence-electron chi connectivity index (χ3n) is 4.32. The minimum atomic E-state index is -0.739. The van der Waals surface area contributed by atoms with Gasteiger partial charge in [-0.15, -0.1) is 0 Å². The van der Waals surface area contributed by atoms with Gasteiger partial charge in [0.05, 0.1) is 0 Å². The number of hydrogen-bond acceptors (Lipinski definition) is 3. The van der Waals surface area contributed by atoms with Crippen molar-refractivity contribution in [1.29, 1.82) is 0 Å². The number of nitrogens with zero attached hydrogens (tertiary/aromatic N) is 1. The second kappa shape index (κ2) is 7.85. The van der Waals surface area contributed by atoms with E-state index in [0.29, 0.717) is 12.8 Å². The van der Waals surface area contributed by atoms with E-state index in [9.17, 15) is 9.90 Å². The number of carbonyl (C=O) groups is 1. The Morgan fingerprint density at radius 2 is 2.05 bits per heavy atom. The smallest absolute Gasteiger partial charge is 0.323 e. The molecule has 4 nitrogen and oxygen atoms in total. The molecule has 1 unspecified atom stereocenters. The molecule has 4 heteroatoms. The van der Waals surface area contributed by atoms with E-state index in [1.165, 1.54) is 25.8 Å². The molecule has 1 fully saturated rings. The highest BCUT2D eigenvalue weighted by atomic mass is 16.4. The molecule has 1 rings (SSSR count). The van der Waals surface area contributed by atoms with Crippen LogP contribution in [0.2, 0.25) is 0 Å². The van der Waals surface area contributed by atoms with E-state index >= 15 is 0 Å². The highest BCUT2D eigenvalue weighted by Gasteiger charge is 2.34. The summed E-state index contributed by atoms with van der Waals surface area (Å²) in [5.74, 6) is 0.188. The molecule has 19 heavy (non-hydrogen) atoms. The lowest BCUT2D eigenvalue weighted by atomic mass is 9.90. The highest BCUT2D eigenvalue weighted by molar-refractivity contribution is 5.78. The van der Waals surface area contributed by atoms with Crippen LogP contribution < -0.4 is 5.32 Å². The minimum absolute atomic E-state index is 0.634. The first-order valence-electron chi connectivity index (χ1n) is 7.72. The number of carboxylic acid groups (broad SMARTS) is 1. The highest BCUT2D eigenvalue weighted by Crippen LogP contribution is 2.30. The Labute approximate surface area is 117 Å². The van der Waals surface area contributed by atoms with E-state index in [2.05, 4.69) is 17.1 Å². The lowest BCUT2D eigenvalue weighted by Crippen LogP contribution is -2.50. The fourth-order valence-corrected chi connectivity index (χ4v) is 2.72. The Balaban J connectivity index is 2.37. The van der Waals surface area contributed by atoms with Gasteiger partial charge in [0.2, 0.25) is 0 Å². The monoisotopic (exact) mass is 270 g/mol. The second-order valence-electron chi connectivity index (χ2n) is 5.84. The van der Waals surface area contributed by atoms with Gasteiger partial charge in [0.15, 0.2) is 0 Å². The quantitative estimate of drug-likeness (QED) is 0.605. The standard InChI is InChI=1S/C15H30N2O2/c1-4-10-17(12-13-7-8-13)11-6-9-15(5-2,16-3)14(18)19/h13,16H,4-12H2,1-3H3,(H,18,19). The molecule has 0 aromatic carbocycles. The maximum Gasteiger partial charge on any atom is 0.323 e. The Morgan fingerprint density at radius 3 is 2.47 bits per heavy atom. The Hall–Kier alpha value is -0.610. The summed E-state index contributed by atoms with van der Waals surface area (Å²) in [7, 11) is 1.76. The second-order valence-corrected chi connectivity index (χ2v) is 5.84. The number of aliphatic carboxylic acids is 1. The first-order valence-corrected chi connectivity index (χ1v) is 7.72. The largest absolute Gasteiger partial charge is 0.480 e. The molecule has 0 aromatic rings. The van der Waals surface area contributed by atoms with Crippen molar-refractivity contribution in [3.63, 3.8) is 0 Å². The summed E-state index contributed by atoms with van der Waals surface area (Å²) in [5, 5.41) is 12.4. The lowest BCUT2D eigenvalue weighted by Gasteiger charge is -2.29. The molecule has 1 atom stereocenters. The van der Waals surface area contributed by atoms with Crippen LogP contribution >= 0.6 is 0 Å². The van der Waals surface area contributed by atoms with Crippen LogP contribution in [0, 0.1) is 5.92 Å². The summed E-state index contributed by atoms with van der Waals surface area (Å²) < 4.78 is 0. The molecule has 0 spiro atoms. The van der Waals surface area contributed by atoms with Crippen LogP contribution in [0.15, 0.2) is 0 Å². The van der Waals surface area contributed by atoms with Gasteiger partial charge in [0.1, 0.15) is 5.54 Å². The van der Waals surface area contributed by atoms with Crippen molar-refractivity contribution in [2.75, 3.05) is 26.7 Å². The van der Waals surface area contributed by atoms with E-state index < -0.39 is 11.5 Å². The molecule has 0 saturated heterocycles. The van der Waals surface area contributed by atoms with Crippen LogP contribution in [0.25, 0.3) is 0 Å². The maximum atomic E-state index is 11.4. The molecule has 0 heterocycles. The topological polar surface area (TPSA) is 52.6 Å². The van der Waals surface area contributed by atoms with Gasteiger partial charge in [-0.3, -0.25) is 4.79 Å². The lowest BCUT2D eigenvalue weighted by molar-refractivity contribution is -0.145. The SMILES string of the molecule is CCCN(CCCC(CC)(NC)C(=O)O)CC1CC1. The number of carboxylic acids is 1. The molecule has 1 aliphatic carbocycles. The van der Waals surface area contributed by atoms with Gasteiger partial charge >= 0.3 is 5.97 Å². The van der Waals surface area contributed by atoms with Gasteiger partial charge in [0, 0.05) is 6.54 Å². The minimum Gasteiger partial charge on any atom is -0.480 e. The van der Waals surface area contributed by atoms with Gasteiger partial charge < -0.3 is 15.3 Å². The fourth-order valence-electron chi connectivity index (χ4n) is 2.72. The predicted molar refractivity (Wildman–Crippen MR) is 78.4 cm³/mol. The van der Waals surface area contributed by atoms with Crippen molar-refractivity contribution < 1.29 is 9.90 Å². The Morgan fingerprint density at radius 1 is 1.37 bits per heavy atom. The number of rotatable bonds is 11. The predicted octanol–water partition coefficient (Wildman–Crippen LogP) is 2.34. The van der Waals surface area contributed by atoms with Crippen molar-refractivity contribution in [3.05, 3.63) is 0 Å². The molecule has 0 aromatic heterocycles. The van der Waals surface area contributed by atoms with Crippen LogP contribution in [-0.2, 0) is 4.79 Å². The summed E-state index contributed by atoms with van der Waals surface area (Å²) in [6.07, 6.45) is 6.23. The van der Waals surface area contributed by atoms with Crippen molar-refractivity contribution in [1.82, 2.24) is 10.2 Å². The molecular formula is C15H30N2O2. The van der Waals surface area contributed by atoms with Crippen LogP contribution in [0.3, 0.4) is 0 Å². The summed E-state index contributed by atoms with van der Waals surface area (Å²) in [5.41, 5.74) is -0.739. The van der Waals surface area contributed by atoms with Crippen LogP contribution in [0.4, 0.5) is 0 Å². The molecule has 0 bridgehead atoms. The molecule has 1 saturated carbocycles. The number of nitrogens with one attached hydrogen (secondary N) is 1. The zero-order valence-electron chi connectivity index (χ0n) is 12.7. The van der Waals surface area contributed by atoms with Crippen LogP contribution in [-0.4, -0.2) is 48.2 Å². The normalized spacial score (nSPS) is 18.5. The van der Waals surface area contributed by atoms with Crippen LogP contribution in [0.5, 0.6) is 0 Å². The molecule has 0 amide bonds. The number of likely N-dealkylation sites (N-methyl/N-ethyl adjacent to an activating group) is 1. The van der Waals surface area contributed by atoms with Gasteiger partial charge in [-0.2, -0.15) is 0 Å². The molecule has 2 N–H and O–H groups in total. The van der Waals surface area contributed by atoms with Gasteiger partial charge in [-0.1, -0.05) is 13.8 Å². The average molecular weight is 270 g/mol. The molecular weight excluding hydrogens is 240 g/mol.